The number of phenols is 1. The molecule has 5 atom stereocenters. The molecular formula is C33H36N2O5. The lowest BCUT2D eigenvalue weighted by Gasteiger charge is -2.65. The minimum absolute atomic E-state index is 0.0305. The molecule has 2 bridgehead atoms. The summed E-state index contributed by atoms with van der Waals surface area (Å²) in [7, 11) is 1.79. The van der Waals surface area contributed by atoms with Crippen LogP contribution >= 0.6 is 0 Å². The first-order chi connectivity index (χ1) is 19.2. The van der Waals surface area contributed by atoms with E-state index in [1.807, 2.05) is 37.3 Å². The summed E-state index contributed by atoms with van der Waals surface area (Å²) < 4.78 is 13.2. The number of ether oxygens (including phenoxy) is 2. The molecule has 7 nitrogen and oxygen atoms in total. The van der Waals surface area contributed by atoms with Gasteiger partial charge in [0.25, 0.3) is 5.91 Å². The molecule has 1 amide bonds. The Morgan fingerprint density at radius 2 is 2.02 bits per heavy atom. The number of phenolic OH excluding ortho intramolecular Hbond substituents is 1. The summed E-state index contributed by atoms with van der Waals surface area (Å²) in [5, 5.41) is 11.0. The number of esters is 1. The van der Waals surface area contributed by atoms with Gasteiger partial charge in [-0.3, -0.25) is 14.5 Å². The van der Waals surface area contributed by atoms with Crippen LogP contribution in [-0.2, 0) is 26.2 Å². The lowest BCUT2D eigenvalue weighted by atomic mass is 9.48. The molecule has 1 spiro atoms. The number of aryl methyl sites for hydroxylation is 1. The quantitative estimate of drug-likeness (QED) is 0.471. The van der Waals surface area contributed by atoms with Crippen LogP contribution in [0.15, 0.2) is 36.4 Å². The SMILES string of the molecule is CC(=O)O[C@@]12CC[C@@H](N(C)C(=O)C#Cc3cccc(C)c3)[C@@H]3Oc4c(O)ccc5c4[C@@]31CCN(CC1CC1)[C@@H]2C5. The van der Waals surface area contributed by atoms with E-state index in [0.717, 1.165) is 48.2 Å². The highest BCUT2D eigenvalue weighted by Crippen LogP contribution is 2.67. The van der Waals surface area contributed by atoms with Crippen molar-refractivity contribution < 1.29 is 24.2 Å². The minimum Gasteiger partial charge on any atom is -0.504 e. The zero-order valence-electron chi connectivity index (χ0n) is 23.4. The minimum atomic E-state index is -0.781. The molecule has 0 radical (unpaired) electrons. The van der Waals surface area contributed by atoms with Gasteiger partial charge in [0.05, 0.1) is 17.5 Å². The number of likely N-dealkylation sites (tertiary alicyclic amines) is 1. The lowest BCUT2D eigenvalue weighted by molar-refractivity contribution is -0.223. The van der Waals surface area contributed by atoms with Crippen molar-refractivity contribution in [2.75, 3.05) is 20.1 Å². The molecule has 2 heterocycles. The zero-order valence-corrected chi connectivity index (χ0v) is 23.4. The van der Waals surface area contributed by atoms with Gasteiger partial charge >= 0.3 is 5.97 Å². The van der Waals surface area contributed by atoms with Gasteiger partial charge in [0.15, 0.2) is 11.5 Å². The van der Waals surface area contributed by atoms with Crippen LogP contribution in [0, 0.1) is 24.7 Å². The molecule has 2 aromatic carbocycles. The van der Waals surface area contributed by atoms with E-state index in [-0.39, 0.29) is 29.7 Å². The summed E-state index contributed by atoms with van der Waals surface area (Å²) in [4.78, 5) is 30.5. The zero-order chi connectivity index (χ0) is 27.8. The maximum Gasteiger partial charge on any atom is 0.303 e. The number of rotatable bonds is 4. The summed E-state index contributed by atoms with van der Waals surface area (Å²) in [5.41, 5.74) is 2.60. The Morgan fingerprint density at radius 3 is 2.77 bits per heavy atom. The van der Waals surface area contributed by atoms with Gasteiger partial charge in [0.2, 0.25) is 0 Å². The van der Waals surface area contributed by atoms with Crippen molar-refractivity contribution in [2.24, 2.45) is 5.92 Å². The van der Waals surface area contributed by atoms with Gasteiger partial charge in [-0.1, -0.05) is 24.1 Å². The fraction of sp³-hybridized carbons (Fsp3) is 0.515. The second kappa shape index (κ2) is 9.01. The van der Waals surface area contributed by atoms with Crippen LogP contribution in [0.5, 0.6) is 11.5 Å². The number of carbonyl (C=O) groups excluding carboxylic acids is 2. The molecule has 0 aromatic heterocycles. The van der Waals surface area contributed by atoms with Crippen molar-refractivity contribution in [3.8, 4) is 23.3 Å². The predicted molar refractivity (Wildman–Crippen MR) is 149 cm³/mol. The van der Waals surface area contributed by atoms with Crippen LogP contribution < -0.4 is 4.74 Å². The summed E-state index contributed by atoms with van der Waals surface area (Å²) in [6.07, 6.45) is 4.80. The largest absolute Gasteiger partial charge is 0.504 e. The molecule has 7 heteroatoms. The first-order valence-electron chi connectivity index (χ1n) is 14.5. The first kappa shape index (κ1) is 25.5. The highest BCUT2D eigenvalue weighted by atomic mass is 16.6. The van der Waals surface area contributed by atoms with E-state index in [9.17, 15) is 14.7 Å². The molecule has 2 aromatic rings. The Bertz CT molecular complexity index is 1470. The number of carbonyl (C=O) groups is 2. The number of hydrogen-bond donors (Lipinski definition) is 1. The highest BCUT2D eigenvalue weighted by Gasteiger charge is 2.75. The third-order valence-corrected chi connectivity index (χ3v) is 10.2. The van der Waals surface area contributed by atoms with Crippen molar-refractivity contribution in [2.45, 2.75) is 81.6 Å². The standard InChI is InChI=1S/C33H36N2O5/c1-20-5-4-6-22(17-20)9-12-28(38)34(3)25-13-14-33(40-21(2)36)27-18-24-10-11-26(37)30-29(24)32(33,31(25)39-30)15-16-35(27)19-23-7-8-23/h4-6,10-11,17,23,25,27,31,37H,7-8,13-16,18-19H2,1-3H3/t25-,27-,31+,32+,33-/m1/s1. The molecule has 40 heavy (non-hydrogen) atoms. The topological polar surface area (TPSA) is 79.3 Å². The predicted octanol–water partition coefficient (Wildman–Crippen LogP) is 3.71. The van der Waals surface area contributed by atoms with E-state index in [2.05, 4.69) is 16.7 Å². The lowest BCUT2D eigenvalue weighted by Crippen LogP contribution is -2.79. The summed E-state index contributed by atoms with van der Waals surface area (Å²) in [6.45, 7) is 5.39. The fourth-order valence-corrected chi connectivity index (χ4v) is 8.37. The number of likely N-dealkylation sites (N-methyl/N-ethyl adjacent to an activating group) is 1. The number of amides is 1. The number of hydrogen-bond acceptors (Lipinski definition) is 6. The van der Waals surface area contributed by atoms with Crippen molar-refractivity contribution in [1.29, 1.82) is 0 Å². The molecule has 2 saturated carbocycles. The van der Waals surface area contributed by atoms with E-state index in [1.54, 1.807) is 18.0 Å². The van der Waals surface area contributed by atoms with E-state index in [0.29, 0.717) is 24.5 Å². The molecule has 1 N–H and O–H groups in total. The van der Waals surface area contributed by atoms with Gasteiger partial charge in [-0.05, 0) is 87.2 Å². The molecule has 3 aliphatic carbocycles. The Morgan fingerprint density at radius 1 is 1.20 bits per heavy atom. The second-order valence-corrected chi connectivity index (χ2v) is 12.5. The fourth-order valence-electron chi connectivity index (χ4n) is 8.37. The van der Waals surface area contributed by atoms with E-state index in [4.69, 9.17) is 9.47 Å². The summed E-state index contributed by atoms with van der Waals surface area (Å²) >= 11 is 0. The van der Waals surface area contributed by atoms with Crippen molar-refractivity contribution >= 4 is 11.9 Å². The maximum atomic E-state index is 13.5. The highest BCUT2D eigenvalue weighted by molar-refractivity contribution is 5.94. The first-order valence-corrected chi connectivity index (χ1v) is 14.5. The van der Waals surface area contributed by atoms with Gasteiger partial charge in [-0.2, -0.15) is 0 Å². The van der Waals surface area contributed by atoms with Gasteiger partial charge in [-0.15, -0.1) is 0 Å². The van der Waals surface area contributed by atoms with E-state index >= 15 is 0 Å². The Hall–Kier alpha value is -3.50. The Balaban J connectivity index is 1.31. The molecular weight excluding hydrogens is 504 g/mol. The number of aromatic hydroxyl groups is 1. The molecule has 3 fully saturated rings. The van der Waals surface area contributed by atoms with Gasteiger partial charge in [0, 0.05) is 37.6 Å². The molecule has 208 valence electrons. The van der Waals surface area contributed by atoms with Crippen LogP contribution in [0.4, 0.5) is 0 Å². The number of benzene rings is 2. The van der Waals surface area contributed by atoms with Gasteiger partial charge in [0.1, 0.15) is 11.7 Å². The van der Waals surface area contributed by atoms with Crippen molar-refractivity contribution in [3.05, 3.63) is 58.7 Å². The van der Waals surface area contributed by atoms with Crippen LogP contribution in [-0.4, -0.2) is 70.7 Å². The summed E-state index contributed by atoms with van der Waals surface area (Å²) in [6, 6.07) is 11.3. The van der Waals surface area contributed by atoms with Crippen LogP contribution in [0.3, 0.4) is 0 Å². The van der Waals surface area contributed by atoms with Crippen LogP contribution in [0.2, 0.25) is 0 Å². The monoisotopic (exact) mass is 540 g/mol. The second-order valence-electron chi connectivity index (χ2n) is 12.5. The molecule has 0 unspecified atom stereocenters. The number of nitrogens with zero attached hydrogens (tertiary/aromatic N) is 2. The van der Waals surface area contributed by atoms with E-state index in [1.165, 1.54) is 19.8 Å². The van der Waals surface area contributed by atoms with Gasteiger partial charge in [-0.25, -0.2) is 0 Å². The Labute approximate surface area is 235 Å². The smallest absolute Gasteiger partial charge is 0.303 e. The Kier molecular flexibility index (Phi) is 5.73. The van der Waals surface area contributed by atoms with Crippen molar-refractivity contribution in [3.63, 3.8) is 0 Å². The van der Waals surface area contributed by atoms with Crippen LogP contribution in [0.25, 0.3) is 0 Å². The van der Waals surface area contributed by atoms with Crippen LogP contribution in [0.1, 0.15) is 61.3 Å². The average molecular weight is 541 g/mol. The molecule has 2 aliphatic heterocycles. The third kappa shape index (κ3) is 3.61. The van der Waals surface area contributed by atoms with Crippen molar-refractivity contribution in [1.82, 2.24) is 9.80 Å². The van der Waals surface area contributed by atoms with Gasteiger partial charge < -0.3 is 19.5 Å². The normalized spacial score (nSPS) is 31.3. The molecule has 7 rings (SSSR count). The molecule has 1 saturated heterocycles. The average Bonchev–Trinajstić information content (AvgIpc) is 3.67. The third-order valence-electron chi connectivity index (χ3n) is 10.2. The maximum absolute atomic E-state index is 13.5. The van der Waals surface area contributed by atoms with E-state index < -0.39 is 17.1 Å². The number of piperidine rings is 1. The summed E-state index contributed by atoms with van der Waals surface area (Å²) in [5.74, 6) is 6.61. The molecule has 5 aliphatic rings.